The number of hydrogen-bond acceptors (Lipinski definition) is 4. The largest absolute Gasteiger partial charge is 0.478 e. The van der Waals surface area contributed by atoms with Crippen molar-refractivity contribution >= 4 is 17.7 Å². The lowest BCUT2D eigenvalue weighted by Gasteiger charge is -2.69. The average Bonchev–Trinajstić information content (AvgIpc) is 2.93. The summed E-state index contributed by atoms with van der Waals surface area (Å²) < 4.78 is 5.92. The first-order valence-electron chi connectivity index (χ1n) is 16.4. The van der Waals surface area contributed by atoms with Gasteiger partial charge >= 0.3 is 11.9 Å². The van der Waals surface area contributed by atoms with Crippen LogP contribution in [0.15, 0.2) is 53.6 Å². The molecule has 0 radical (unpaired) electrons. The number of ketones is 1. The summed E-state index contributed by atoms with van der Waals surface area (Å²) in [6.45, 7) is 15.9. The van der Waals surface area contributed by atoms with Gasteiger partial charge < -0.3 is 9.84 Å². The predicted octanol–water partition coefficient (Wildman–Crippen LogP) is 8.33. The molecule has 6 rings (SSSR count). The van der Waals surface area contributed by atoms with E-state index >= 15 is 0 Å². The Bertz CT molecular complexity index is 1420. The number of carboxylic acid groups (broad SMARTS) is 1. The molecule has 1 aromatic carbocycles. The van der Waals surface area contributed by atoms with Crippen molar-refractivity contribution in [2.45, 2.75) is 106 Å². The summed E-state index contributed by atoms with van der Waals surface area (Å²) in [7, 11) is 0. The number of allylic oxidation sites excluding steroid dienone is 3. The standard InChI is InChI=1S/C38H50O5/c1-33(2)25(31(40)41)13-15-36(5)29(33)14-16-38(7)30(36)28(39)21-26-27-22-35(4,18-17-34(27,3)19-20-37(26,38)6)32(42)43-23-24-11-9-8-10-12-24/h8-13,21,27,29-30H,14-20,22-23H2,1-7H3,(H,40,41)/t27-,29-,30+,34+,35-,36-,37+,38+/m0/s1. The second-order valence-electron chi connectivity index (χ2n) is 16.7. The van der Waals surface area contributed by atoms with Crippen molar-refractivity contribution in [3.63, 3.8) is 0 Å². The van der Waals surface area contributed by atoms with Crippen LogP contribution >= 0.6 is 0 Å². The number of ether oxygens (including phenoxy) is 1. The Hall–Kier alpha value is -2.69. The number of aliphatic carboxylic acids is 1. The van der Waals surface area contributed by atoms with E-state index in [2.05, 4.69) is 48.5 Å². The summed E-state index contributed by atoms with van der Waals surface area (Å²) in [5, 5.41) is 10.0. The van der Waals surface area contributed by atoms with Crippen molar-refractivity contribution in [1.82, 2.24) is 0 Å². The van der Waals surface area contributed by atoms with Gasteiger partial charge in [0.25, 0.3) is 0 Å². The van der Waals surface area contributed by atoms with E-state index in [-0.39, 0.29) is 57.8 Å². The van der Waals surface area contributed by atoms with Gasteiger partial charge in [-0.3, -0.25) is 9.59 Å². The van der Waals surface area contributed by atoms with Gasteiger partial charge in [-0.15, -0.1) is 0 Å². The van der Waals surface area contributed by atoms with Crippen LogP contribution in [0.2, 0.25) is 0 Å². The molecule has 5 nitrogen and oxygen atoms in total. The molecule has 43 heavy (non-hydrogen) atoms. The number of carbonyl (C=O) groups excluding carboxylic acids is 2. The topological polar surface area (TPSA) is 80.7 Å². The summed E-state index contributed by atoms with van der Waals surface area (Å²) in [5.74, 6) is -0.623. The number of esters is 1. The Morgan fingerprint density at radius 1 is 0.930 bits per heavy atom. The smallest absolute Gasteiger partial charge is 0.331 e. The van der Waals surface area contributed by atoms with Crippen molar-refractivity contribution < 1.29 is 24.2 Å². The van der Waals surface area contributed by atoms with Crippen molar-refractivity contribution in [3.8, 4) is 0 Å². The molecule has 232 valence electrons. The molecule has 8 atom stereocenters. The Morgan fingerprint density at radius 2 is 1.60 bits per heavy atom. The SMILES string of the molecule is CC1(C)C(C(=O)O)=CC[C@]2(C)[C@H]3C(=O)C=C4[C@@H]5C[C@@](C)(C(=O)OCc6ccccc6)CC[C@]5(C)CC[C@@]4(C)[C@]3(C)CC[C@@H]12. The molecule has 0 aliphatic heterocycles. The van der Waals surface area contributed by atoms with E-state index < -0.39 is 16.8 Å². The highest BCUT2D eigenvalue weighted by molar-refractivity contribution is 5.96. The fourth-order valence-corrected chi connectivity index (χ4v) is 11.2. The van der Waals surface area contributed by atoms with E-state index in [1.165, 1.54) is 5.57 Å². The van der Waals surface area contributed by atoms with Crippen LogP contribution in [0.25, 0.3) is 0 Å². The fourth-order valence-electron chi connectivity index (χ4n) is 11.2. The molecule has 0 unspecified atom stereocenters. The Kier molecular flexibility index (Phi) is 6.81. The first kappa shape index (κ1) is 30.3. The average molecular weight is 587 g/mol. The maximum atomic E-state index is 14.5. The van der Waals surface area contributed by atoms with Gasteiger partial charge in [0.2, 0.25) is 0 Å². The minimum atomic E-state index is -0.835. The molecule has 3 saturated carbocycles. The van der Waals surface area contributed by atoms with Crippen LogP contribution in [0.3, 0.4) is 0 Å². The van der Waals surface area contributed by atoms with Gasteiger partial charge in [-0.1, -0.05) is 83.5 Å². The number of hydrogen-bond donors (Lipinski definition) is 1. The van der Waals surface area contributed by atoms with E-state index in [9.17, 15) is 19.5 Å². The van der Waals surface area contributed by atoms with Crippen LogP contribution in [0.1, 0.15) is 105 Å². The van der Waals surface area contributed by atoms with Gasteiger partial charge in [-0.25, -0.2) is 4.79 Å². The lowest BCUT2D eigenvalue weighted by atomic mass is 9.33. The van der Waals surface area contributed by atoms with E-state index in [0.29, 0.717) is 18.4 Å². The third-order valence-electron chi connectivity index (χ3n) is 14.1. The second kappa shape index (κ2) is 9.65. The maximum absolute atomic E-state index is 14.5. The van der Waals surface area contributed by atoms with Gasteiger partial charge in [0, 0.05) is 11.5 Å². The third-order valence-corrected chi connectivity index (χ3v) is 14.1. The fraction of sp³-hybridized carbons (Fsp3) is 0.658. The Morgan fingerprint density at radius 3 is 2.28 bits per heavy atom. The highest BCUT2D eigenvalue weighted by atomic mass is 16.5. The molecule has 0 bridgehead atoms. The summed E-state index contributed by atoms with van der Waals surface area (Å²) >= 11 is 0. The monoisotopic (exact) mass is 586 g/mol. The number of carbonyl (C=O) groups is 3. The van der Waals surface area contributed by atoms with Crippen LogP contribution in [0, 0.1) is 50.2 Å². The molecule has 5 aliphatic rings. The normalized spacial score (nSPS) is 43.1. The molecule has 0 spiro atoms. The maximum Gasteiger partial charge on any atom is 0.331 e. The van der Waals surface area contributed by atoms with Crippen molar-refractivity contribution in [3.05, 3.63) is 59.2 Å². The predicted molar refractivity (Wildman–Crippen MR) is 167 cm³/mol. The molecule has 5 aliphatic carbocycles. The molecular formula is C38H50O5. The van der Waals surface area contributed by atoms with Gasteiger partial charge in [0.1, 0.15) is 6.61 Å². The third kappa shape index (κ3) is 4.19. The Balaban J connectivity index is 1.35. The van der Waals surface area contributed by atoms with Gasteiger partial charge in [0.05, 0.1) is 5.41 Å². The van der Waals surface area contributed by atoms with E-state index in [4.69, 9.17) is 4.74 Å². The van der Waals surface area contributed by atoms with Gasteiger partial charge in [-0.2, -0.15) is 0 Å². The summed E-state index contributed by atoms with van der Waals surface area (Å²) in [6.07, 6.45) is 11.0. The minimum Gasteiger partial charge on any atom is -0.478 e. The van der Waals surface area contributed by atoms with E-state index in [1.807, 2.05) is 42.5 Å². The van der Waals surface area contributed by atoms with Crippen LogP contribution < -0.4 is 0 Å². The molecule has 0 heterocycles. The summed E-state index contributed by atoms with van der Waals surface area (Å²) in [5.41, 5.74) is 1.04. The summed E-state index contributed by atoms with van der Waals surface area (Å²) in [4.78, 5) is 40.4. The molecular weight excluding hydrogens is 536 g/mol. The van der Waals surface area contributed by atoms with Crippen LogP contribution in [-0.2, 0) is 25.7 Å². The number of rotatable bonds is 4. The summed E-state index contributed by atoms with van der Waals surface area (Å²) in [6, 6.07) is 9.85. The van der Waals surface area contributed by atoms with Crippen LogP contribution in [-0.4, -0.2) is 22.8 Å². The zero-order chi connectivity index (χ0) is 31.2. The quantitative estimate of drug-likeness (QED) is 0.359. The first-order chi connectivity index (χ1) is 20.0. The van der Waals surface area contributed by atoms with Crippen molar-refractivity contribution in [2.24, 2.45) is 50.2 Å². The number of fused-ring (bicyclic) bond motifs is 7. The highest BCUT2D eigenvalue weighted by Gasteiger charge is 2.70. The molecule has 5 heteroatoms. The zero-order valence-electron chi connectivity index (χ0n) is 27.2. The number of carboxylic acids is 1. The molecule has 0 amide bonds. The van der Waals surface area contributed by atoms with E-state index in [1.54, 1.807) is 0 Å². The highest BCUT2D eigenvalue weighted by Crippen LogP contribution is 2.75. The van der Waals surface area contributed by atoms with Crippen molar-refractivity contribution in [2.75, 3.05) is 0 Å². The molecule has 1 aromatic rings. The molecule has 3 fully saturated rings. The first-order valence-corrected chi connectivity index (χ1v) is 16.4. The molecule has 0 saturated heterocycles. The van der Waals surface area contributed by atoms with Crippen molar-refractivity contribution in [1.29, 1.82) is 0 Å². The zero-order valence-corrected chi connectivity index (χ0v) is 27.2. The van der Waals surface area contributed by atoms with E-state index in [0.717, 1.165) is 44.1 Å². The van der Waals surface area contributed by atoms with Crippen LogP contribution in [0.5, 0.6) is 0 Å². The lowest BCUT2D eigenvalue weighted by molar-refractivity contribution is -0.177. The number of benzene rings is 1. The Labute approximate surface area is 257 Å². The van der Waals surface area contributed by atoms with Crippen LogP contribution in [0.4, 0.5) is 0 Å². The minimum absolute atomic E-state index is 0.0566. The molecule has 0 aromatic heterocycles. The lowest BCUT2D eigenvalue weighted by Crippen LogP contribution is -2.65. The second-order valence-corrected chi connectivity index (χ2v) is 16.7. The van der Waals surface area contributed by atoms with Gasteiger partial charge in [-0.05, 0) is 109 Å². The molecule has 1 N–H and O–H groups in total. The van der Waals surface area contributed by atoms with Gasteiger partial charge in [0.15, 0.2) is 5.78 Å².